The predicted molar refractivity (Wildman–Crippen MR) is 69.4 cm³/mol. The van der Waals surface area contributed by atoms with Crippen LogP contribution in [-0.4, -0.2) is 33.1 Å². The standard InChI is InChI=1S/C11H18N4O2S/c1-7(13-10(16)17-11(2,3)4)8-6-12-9(18-5)15-14-8/h6-7H,1-5H3,(H,13,16)/t7-/m1/s1. The first kappa shape index (κ1) is 14.7. The molecule has 1 N–H and O–H groups in total. The highest BCUT2D eigenvalue weighted by atomic mass is 32.2. The molecule has 7 heteroatoms. The van der Waals surface area contributed by atoms with Crippen molar-refractivity contribution in [3.05, 3.63) is 11.9 Å². The van der Waals surface area contributed by atoms with E-state index < -0.39 is 11.7 Å². The van der Waals surface area contributed by atoms with Crippen molar-refractivity contribution < 1.29 is 9.53 Å². The molecule has 0 unspecified atom stereocenters. The number of nitrogens with zero attached hydrogens (tertiary/aromatic N) is 3. The van der Waals surface area contributed by atoms with Crippen LogP contribution in [0.3, 0.4) is 0 Å². The zero-order chi connectivity index (χ0) is 13.8. The predicted octanol–water partition coefficient (Wildman–Crippen LogP) is 2.18. The van der Waals surface area contributed by atoms with Crippen molar-refractivity contribution in [2.24, 2.45) is 0 Å². The second kappa shape index (κ2) is 5.99. The van der Waals surface area contributed by atoms with Crippen molar-refractivity contribution in [2.75, 3.05) is 6.26 Å². The first-order chi connectivity index (χ1) is 8.31. The van der Waals surface area contributed by atoms with Crippen molar-refractivity contribution >= 4 is 17.9 Å². The third-order valence-corrected chi connectivity index (χ3v) is 2.47. The maximum atomic E-state index is 11.6. The Hall–Kier alpha value is -1.37. The second-order valence-corrected chi connectivity index (χ2v) is 5.51. The Labute approximate surface area is 111 Å². The van der Waals surface area contributed by atoms with Crippen LogP contribution in [0.5, 0.6) is 0 Å². The van der Waals surface area contributed by atoms with Crippen molar-refractivity contribution in [3.63, 3.8) is 0 Å². The van der Waals surface area contributed by atoms with Gasteiger partial charge in [-0.05, 0) is 34.0 Å². The highest BCUT2D eigenvalue weighted by Gasteiger charge is 2.19. The topological polar surface area (TPSA) is 77.0 Å². The molecule has 1 heterocycles. The van der Waals surface area contributed by atoms with E-state index in [1.807, 2.05) is 27.0 Å². The number of aromatic nitrogens is 3. The normalized spacial score (nSPS) is 12.9. The van der Waals surface area contributed by atoms with Crippen LogP contribution < -0.4 is 5.32 Å². The van der Waals surface area contributed by atoms with Gasteiger partial charge in [-0.15, -0.1) is 10.2 Å². The van der Waals surface area contributed by atoms with E-state index >= 15 is 0 Å². The number of carbonyl (C=O) groups is 1. The molecule has 0 spiro atoms. The van der Waals surface area contributed by atoms with Gasteiger partial charge in [0.25, 0.3) is 0 Å². The monoisotopic (exact) mass is 270 g/mol. The van der Waals surface area contributed by atoms with Crippen molar-refractivity contribution in [1.29, 1.82) is 0 Å². The summed E-state index contributed by atoms with van der Waals surface area (Å²) in [5.74, 6) is 0. The van der Waals surface area contributed by atoms with E-state index in [-0.39, 0.29) is 6.04 Å². The van der Waals surface area contributed by atoms with Crippen LogP contribution in [0.4, 0.5) is 4.79 Å². The van der Waals surface area contributed by atoms with E-state index in [2.05, 4.69) is 20.5 Å². The maximum Gasteiger partial charge on any atom is 0.408 e. The van der Waals surface area contributed by atoms with Gasteiger partial charge in [-0.2, -0.15) is 0 Å². The molecule has 0 aliphatic heterocycles. The van der Waals surface area contributed by atoms with E-state index in [0.717, 1.165) is 0 Å². The van der Waals surface area contributed by atoms with Gasteiger partial charge >= 0.3 is 6.09 Å². The molecule has 0 aromatic carbocycles. The molecule has 1 atom stereocenters. The molecule has 0 saturated carbocycles. The van der Waals surface area contributed by atoms with Crippen LogP contribution in [0, 0.1) is 0 Å². The summed E-state index contributed by atoms with van der Waals surface area (Å²) in [6, 6.07) is -0.296. The van der Waals surface area contributed by atoms with Crippen LogP contribution in [0.25, 0.3) is 0 Å². The summed E-state index contributed by atoms with van der Waals surface area (Å²) in [6.07, 6.45) is 2.99. The number of hydrogen-bond donors (Lipinski definition) is 1. The molecule has 1 amide bonds. The van der Waals surface area contributed by atoms with Crippen LogP contribution in [0.2, 0.25) is 0 Å². The Morgan fingerprint density at radius 1 is 1.44 bits per heavy atom. The van der Waals surface area contributed by atoms with E-state index in [4.69, 9.17) is 4.74 Å². The van der Waals surface area contributed by atoms with Gasteiger partial charge in [0.05, 0.1) is 12.2 Å². The number of carbonyl (C=O) groups excluding carboxylic acids is 1. The Morgan fingerprint density at radius 3 is 2.56 bits per heavy atom. The van der Waals surface area contributed by atoms with Gasteiger partial charge in [0.1, 0.15) is 11.3 Å². The molecule has 0 saturated heterocycles. The fourth-order valence-corrected chi connectivity index (χ4v) is 1.40. The average Bonchev–Trinajstić information content (AvgIpc) is 2.26. The summed E-state index contributed by atoms with van der Waals surface area (Å²) in [5, 5.41) is 11.2. The van der Waals surface area contributed by atoms with E-state index in [0.29, 0.717) is 10.9 Å². The van der Waals surface area contributed by atoms with Gasteiger partial charge in [-0.25, -0.2) is 9.78 Å². The molecule has 100 valence electrons. The molecule has 6 nitrogen and oxygen atoms in total. The molecular formula is C11H18N4O2S. The molecule has 18 heavy (non-hydrogen) atoms. The Morgan fingerprint density at radius 2 is 2.11 bits per heavy atom. The first-order valence-electron chi connectivity index (χ1n) is 5.55. The number of rotatable bonds is 3. The molecule has 1 aromatic rings. The quantitative estimate of drug-likeness (QED) is 0.848. The lowest BCUT2D eigenvalue weighted by atomic mass is 10.2. The smallest absolute Gasteiger partial charge is 0.408 e. The van der Waals surface area contributed by atoms with Gasteiger partial charge in [0, 0.05) is 0 Å². The molecule has 0 radical (unpaired) electrons. The molecule has 1 aromatic heterocycles. The average molecular weight is 270 g/mol. The fourth-order valence-electron chi connectivity index (χ4n) is 1.12. The number of thioether (sulfide) groups is 1. The minimum Gasteiger partial charge on any atom is -0.444 e. The largest absolute Gasteiger partial charge is 0.444 e. The third-order valence-electron chi connectivity index (χ3n) is 1.92. The van der Waals surface area contributed by atoms with Gasteiger partial charge in [-0.1, -0.05) is 11.8 Å². The summed E-state index contributed by atoms with van der Waals surface area (Å²) < 4.78 is 5.15. The highest BCUT2D eigenvalue weighted by molar-refractivity contribution is 7.98. The molecule has 1 rings (SSSR count). The Kier molecular flexibility index (Phi) is 4.89. The van der Waals surface area contributed by atoms with E-state index in [9.17, 15) is 4.79 Å². The van der Waals surface area contributed by atoms with Crippen molar-refractivity contribution in [3.8, 4) is 0 Å². The first-order valence-corrected chi connectivity index (χ1v) is 6.77. The Balaban J connectivity index is 2.59. The second-order valence-electron chi connectivity index (χ2n) is 4.74. The minimum absolute atomic E-state index is 0.296. The van der Waals surface area contributed by atoms with Crippen molar-refractivity contribution in [2.45, 2.75) is 44.5 Å². The molecule has 0 aliphatic rings. The number of amides is 1. The lowest BCUT2D eigenvalue weighted by molar-refractivity contribution is 0.0506. The highest BCUT2D eigenvalue weighted by Crippen LogP contribution is 2.12. The summed E-state index contributed by atoms with van der Waals surface area (Å²) in [4.78, 5) is 15.7. The van der Waals surface area contributed by atoms with Gasteiger partial charge in [-0.3, -0.25) is 0 Å². The molecule has 0 fully saturated rings. The minimum atomic E-state index is -0.517. The zero-order valence-corrected chi connectivity index (χ0v) is 12.0. The number of nitrogens with one attached hydrogen (secondary N) is 1. The van der Waals surface area contributed by atoms with Crippen LogP contribution >= 0.6 is 11.8 Å². The van der Waals surface area contributed by atoms with Crippen molar-refractivity contribution in [1.82, 2.24) is 20.5 Å². The fraction of sp³-hybridized carbons (Fsp3) is 0.636. The van der Waals surface area contributed by atoms with Crippen LogP contribution in [0.15, 0.2) is 11.4 Å². The lowest BCUT2D eigenvalue weighted by Crippen LogP contribution is -2.34. The van der Waals surface area contributed by atoms with Gasteiger partial charge in [0.2, 0.25) is 5.16 Å². The summed E-state index contributed by atoms with van der Waals surface area (Å²) in [5.41, 5.74) is 0.0786. The van der Waals surface area contributed by atoms with E-state index in [1.165, 1.54) is 11.8 Å². The zero-order valence-electron chi connectivity index (χ0n) is 11.2. The van der Waals surface area contributed by atoms with Crippen LogP contribution in [0.1, 0.15) is 39.4 Å². The maximum absolute atomic E-state index is 11.6. The molecule has 0 bridgehead atoms. The number of hydrogen-bond acceptors (Lipinski definition) is 6. The van der Waals surface area contributed by atoms with Gasteiger partial charge in [0.15, 0.2) is 0 Å². The van der Waals surface area contributed by atoms with E-state index in [1.54, 1.807) is 13.1 Å². The SMILES string of the molecule is CSc1ncc([C@@H](C)NC(=O)OC(C)(C)C)nn1. The summed E-state index contributed by atoms with van der Waals surface area (Å²) in [7, 11) is 0. The Bertz CT molecular complexity index is 402. The number of ether oxygens (including phenoxy) is 1. The third kappa shape index (κ3) is 4.87. The summed E-state index contributed by atoms with van der Waals surface area (Å²) >= 11 is 1.41. The lowest BCUT2D eigenvalue weighted by Gasteiger charge is -2.21. The number of alkyl carbamates (subject to hydrolysis) is 1. The van der Waals surface area contributed by atoms with Crippen LogP contribution in [-0.2, 0) is 4.74 Å². The van der Waals surface area contributed by atoms with Gasteiger partial charge < -0.3 is 10.1 Å². The molecule has 0 aliphatic carbocycles. The molecular weight excluding hydrogens is 252 g/mol. The summed E-state index contributed by atoms with van der Waals surface area (Å²) in [6.45, 7) is 7.23.